The Bertz CT molecular complexity index is 2310. The zero-order valence-corrected chi connectivity index (χ0v) is 28.7. The van der Waals surface area contributed by atoms with Crippen molar-refractivity contribution in [1.29, 1.82) is 0 Å². The maximum atomic E-state index is 14.2. The summed E-state index contributed by atoms with van der Waals surface area (Å²) in [5.41, 5.74) is 3.54. The van der Waals surface area contributed by atoms with Gasteiger partial charge in [-0.05, 0) is 85.3 Å². The third-order valence-electron chi connectivity index (χ3n) is 10.5. The molecular weight excluding hydrogens is 642 g/mol. The lowest BCUT2D eigenvalue weighted by Crippen LogP contribution is -2.44. The van der Waals surface area contributed by atoms with Crippen LogP contribution in [0.4, 0.5) is 11.4 Å². The van der Waals surface area contributed by atoms with Crippen LogP contribution in [-0.4, -0.2) is 46.9 Å². The fraction of sp³-hybridized carbons (Fsp3) is 0.238. The predicted octanol–water partition coefficient (Wildman–Crippen LogP) is 8.17. The third kappa shape index (κ3) is 4.75. The van der Waals surface area contributed by atoms with Gasteiger partial charge in [0.1, 0.15) is 0 Å². The number of carbonyl (C=O) groups is 6. The van der Waals surface area contributed by atoms with Gasteiger partial charge >= 0.3 is 0 Å². The Balaban J connectivity index is 1.13. The van der Waals surface area contributed by atoms with Crippen molar-refractivity contribution < 1.29 is 28.8 Å². The largest absolute Gasteiger partial charge is 0.274 e. The van der Waals surface area contributed by atoms with Crippen LogP contribution < -0.4 is 9.80 Å². The molecule has 9 nitrogen and oxygen atoms in total. The van der Waals surface area contributed by atoms with E-state index in [1.807, 2.05) is 12.1 Å². The molecule has 0 saturated heterocycles. The van der Waals surface area contributed by atoms with Crippen molar-refractivity contribution in [3.05, 3.63) is 117 Å². The van der Waals surface area contributed by atoms with Crippen LogP contribution in [0, 0.1) is 13.8 Å². The van der Waals surface area contributed by atoms with E-state index < -0.39 is 35.4 Å². The van der Waals surface area contributed by atoms with Crippen LogP contribution in [0.1, 0.15) is 119 Å². The number of nitrogens with zero attached hydrogens (tertiary/aromatic N) is 3. The molecule has 6 amide bonds. The molecule has 3 heterocycles. The second-order valence-corrected chi connectivity index (χ2v) is 13.6. The highest BCUT2D eigenvalue weighted by molar-refractivity contribution is 6.40. The fourth-order valence-corrected chi connectivity index (χ4v) is 7.91. The Morgan fingerprint density at radius 3 is 1.29 bits per heavy atom. The average Bonchev–Trinajstić information content (AvgIpc) is 3.13. The van der Waals surface area contributed by atoms with Crippen molar-refractivity contribution in [3.8, 4) is 0 Å². The van der Waals surface area contributed by atoms with Gasteiger partial charge in [0.2, 0.25) is 0 Å². The van der Waals surface area contributed by atoms with E-state index >= 15 is 0 Å². The maximum absolute atomic E-state index is 14.2. The lowest BCUT2D eigenvalue weighted by molar-refractivity contribution is 0.0605. The summed E-state index contributed by atoms with van der Waals surface area (Å²) in [4.78, 5) is 86.9. The van der Waals surface area contributed by atoms with Gasteiger partial charge in [-0.15, -0.1) is 0 Å². The number of carbonyl (C=O) groups excluding carboxylic acids is 6. The van der Waals surface area contributed by atoms with Crippen LogP contribution in [-0.2, 0) is 0 Å². The van der Waals surface area contributed by atoms with Gasteiger partial charge in [-0.1, -0.05) is 63.3 Å². The van der Waals surface area contributed by atoms with Gasteiger partial charge < -0.3 is 0 Å². The van der Waals surface area contributed by atoms with Crippen LogP contribution in [0.25, 0.3) is 21.5 Å². The van der Waals surface area contributed by atoms with Gasteiger partial charge in [-0.25, -0.2) is 9.80 Å². The molecular formula is C42H35N3O6. The number of hydrogen-bond donors (Lipinski definition) is 0. The van der Waals surface area contributed by atoms with Gasteiger partial charge in [0.25, 0.3) is 35.4 Å². The normalized spacial score (nSPS) is 15.2. The Kier molecular flexibility index (Phi) is 7.67. The minimum absolute atomic E-state index is 0.211. The van der Waals surface area contributed by atoms with E-state index in [4.69, 9.17) is 0 Å². The first kappa shape index (κ1) is 32.3. The number of anilines is 2. The molecule has 0 spiro atoms. The quantitative estimate of drug-likeness (QED) is 0.115. The summed E-state index contributed by atoms with van der Waals surface area (Å²) in [6.07, 6.45) is 6.10. The van der Waals surface area contributed by atoms with E-state index in [1.54, 1.807) is 74.5 Å². The lowest BCUT2D eigenvalue weighted by atomic mass is 9.85. The van der Waals surface area contributed by atoms with Gasteiger partial charge in [0.15, 0.2) is 0 Å². The number of unbranched alkanes of at least 4 members (excludes halogenated alkanes) is 5. The van der Waals surface area contributed by atoms with E-state index in [0.29, 0.717) is 73.9 Å². The molecule has 0 aromatic heterocycles. The van der Waals surface area contributed by atoms with Crippen LogP contribution in [0.2, 0.25) is 0 Å². The first-order chi connectivity index (χ1) is 24.6. The highest BCUT2D eigenvalue weighted by Gasteiger charge is 2.41. The number of aryl methyl sites for hydroxylation is 2. The van der Waals surface area contributed by atoms with Crippen LogP contribution in [0.15, 0.2) is 72.8 Å². The van der Waals surface area contributed by atoms with Crippen molar-refractivity contribution in [2.45, 2.75) is 59.3 Å². The Hall–Kier alpha value is -5.96. The molecule has 5 aromatic carbocycles. The minimum atomic E-state index is -0.591. The van der Waals surface area contributed by atoms with Crippen molar-refractivity contribution in [3.63, 3.8) is 0 Å². The first-order valence-corrected chi connectivity index (χ1v) is 17.5. The van der Waals surface area contributed by atoms with Crippen LogP contribution in [0.3, 0.4) is 0 Å². The molecule has 51 heavy (non-hydrogen) atoms. The summed E-state index contributed by atoms with van der Waals surface area (Å²) < 4.78 is 0. The molecule has 0 radical (unpaired) electrons. The number of hydrogen-bond acceptors (Lipinski definition) is 6. The van der Waals surface area contributed by atoms with E-state index in [2.05, 4.69) is 6.92 Å². The second-order valence-electron chi connectivity index (χ2n) is 13.6. The maximum Gasteiger partial charge on any atom is 0.265 e. The summed E-state index contributed by atoms with van der Waals surface area (Å²) in [6.45, 7) is 5.91. The molecule has 5 aromatic rings. The molecule has 0 unspecified atom stereocenters. The summed E-state index contributed by atoms with van der Waals surface area (Å²) in [7, 11) is 0. The predicted molar refractivity (Wildman–Crippen MR) is 195 cm³/mol. The van der Waals surface area contributed by atoms with E-state index in [0.717, 1.165) is 47.3 Å². The van der Waals surface area contributed by atoms with Crippen LogP contribution >= 0.6 is 0 Å². The molecule has 0 aliphatic carbocycles. The molecule has 254 valence electrons. The third-order valence-corrected chi connectivity index (χ3v) is 10.5. The molecule has 3 aliphatic rings. The van der Waals surface area contributed by atoms with Crippen molar-refractivity contribution >= 4 is 68.4 Å². The number of amides is 6. The van der Waals surface area contributed by atoms with Gasteiger partial charge in [0.05, 0.1) is 11.4 Å². The molecule has 0 bridgehead atoms. The molecule has 9 heteroatoms. The zero-order valence-electron chi connectivity index (χ0n) is 28.7. The standard InChI is InChI=1S/C42H35N3O6/c1-4-5-6-7-8-9-20-43-37(46)28-16-18-30-36-31(19-17-29(35(28)36)38(43)47)42(51)45(41(30)50)33-22-23(2)32(21-24(33)3)44-39(48)26-14-10-12-25-13-11-15-27(34(25)26)40(44)49/h10-19,21-22H,4-9,20H2,1-3H3. The molecule has 0 N–H and O–H groups in total. The monoisotopic (exact) mass is 677 g/mol. The molecule has 0 saturated carbocycles. The summed E-state index contributed by atoms with van der Waals surface area (Å²) in [5.74, 6) is -2.93. The van der Waals surface area contributed by atoms with Gasteiger partial charge in [0, 0.05) is 56.1 Å². The molecule has 3 aliphatic heterocycles. The number of imide groups is 3. The molecule has 0 fully saturated rings. The lowest BCUT2D eigenvalue weighted by Gasteiger charge is -2.33. The van der Waals surface area contributed by atoms with Crippen molar-refractivity contribution in [2.75, 3.05) is 16.3 Å². The first-order valence-electron chi connectivity index (χ1n) is 17.5. The van der Waals surface area contributed by atoms with Crippen molar-refractivity contribution in [2.24, 2.45) is 0 Å². The zero-order chi connectivity index (χ0) is 35.7. The van der Waals surface area contributed by atoms with Gasteiger partial charge in [-0.3, -0.25) is 33.7 Å². The van der Waals surface area contributed by atoms with Gasteiger partial charge in [-0.2, -0.15) is 0 Å². The summed E-state index contributed by atoms with van der Waals surface area (Å²) >= 11 is 0. The fourth-order valence-electron chi connectivity index (χ4n) is 7.91. The number of benzene rings is 5. The highest BCUT2D eigenvalue weighted by atomic mass is 16.2. The topological polar surface area (TPSA) is 112 Å². The van der Waals surface area contributed by atoms with E-state index in [9.17, 15) is 28.8 Å². The second kappa shape index (κ2) is 12.1. The van der Waals surface area contributed by atoms with E-state index in [1.165, 1.54) is 4.90 Å². The van der Waals surface area contributed by atoms with Crippen molar-refractivity contribution in [1.82, 2.24) is 4.90 Å². The summed E-state index contributed by atoms with van der Waals surface area (Å²) in [6, 6.07) is 20.3. The Labute approximate surface area is 294 Å². The molecule has 8 rings (SSSR count). The molecule has 0 atom stereocenters. The highest BCUT2D eigenvalue weighted by Crippen LogP contribution is 2.42. The van der Waals surface area contributed by atoms with Crippen LogP contribution in [0.5, 0.6) is 0 Å². The minimum Gasteiger partial charge on any atom is -0.274 e. The smallest absolute Gasteiger partial charge is 0.265 e. The Morgan fingerprint density at radius 1 is 0.451 bits per heavy atom. The summed E-state index contributed by atoms with van der Waals surface area (Å²) in [5, 5.41) is 2.06. The SMILES string of the molecule is CCCCCCCCN1C(=O)c2ccc3c4c(ccc(c24)C1=O)C(=O)N(c1cc(C)c(N2C(=O)c4cccc5cccc(c45)C2=O)cc1C)C3=O. The average molecular weight is 678 g/mol. The Morgan fingerprint density at radius 2 is 0.843 bits per heavy atom. The van der Waals surface area contributed by atoms with E-state index in [-0.39, 0.29) is 11.1 Å². The number of rotatable bonds is 9.